The van der Waals surface area contributed by atoms with Gasteiger partial charge in [-0.25, -0.2) is 18.4 Å². The highest BCUT2D eigenvalue weighted by Gasteiger charge is 2.21. The third-order valence-electron chi connectivity index (χ3n) is 3.68. The summed E-state index contributed by atoms with van der Waals surface area (Å²) in [5.41, 5.74) is 1.25. The van der Waals surface area contributed by atoms with Crippen molar-refractivity contribution in [2.24, 2.45) is 0 Å². The number of carbonyl (C=O) groups excluding carboxylic acids is 1. The number of benzene rings is 1. The molecule has 0 spiro atoms. The van der Waals surface area contributed by atoms with E-state index in [-0.39, 0.29) is 35.3 Å². The summed E-state index contributed by atoms with van der Waals surface area (Å²) in [5.74, 6) is -0.0549. The summed E-state index contributed by atoms with van der Waals surface area (Å²) in [6.45, 7) is 2.23. The van der Waals surface area contributed by atoms with E-state index in [9.17, 15) is 13.2 Å². The number of rotatable bonds is 8. The first-order valence-corrected chi connectivity index (χ1v) is 9.51. The van der Waals surface area contributed by atoms with Crippen LogP contribution in [-0.4, -0.2) is 53.9 Å². The molecule has 0 bridgehead atoms. The fraction of sp³-hybridized carbons (Fsp3) is 0.353. The Morgan fingerprint density at radius 1 is 1.19 bits per heavy atom. The van der Waals surface area contributed by atoms with Gasteiger partial charge in [0.1, 0.15) is 5.82 Å². The number of aliphatic hydroxyl groups excluding tert-OH is 1. The molecule has 0 atom stereocenters. The van der Waals surface area contributed by atoms with Crippen LogP contribution in [0.4, 0.5) is 0 Å². The molecule has 0 saturated carbocycles. The lowest BCUT2D eigenvalue weighted by Gasteiger charge is -2.16. The average molecular weight is 378 g/mol. The molecule has 1 aromatic carbocycles. The predicted molar refractivity (Wildman–Crippen MR) is 95.9 cm³/mol. The van der Waals surface area contributed by atoms with Crippen molar-refractivity contribution in [1.29, 1.82) is 0 Å². The van der Waals surface area contributed by atoms with Crippen LogP contribution in [0.5, 0.6) is 0 Å². The minimum absolute atomic E-state index is 0.00247. The number of sulfonamides is 1. The Morgan fingerprint density at radius 2 is 1.81 bits per heavy atom. The highest BCUT2D eigenvalue weighted by atomic mass is 32.2. The van der Waals surface area contributed by atoms with Gasteiger partial charge in [-0.15, -0.1) is 0 Å². The van der Waals surface area contributed by atoms with Crippen molar-refractivity contribution in [1.82, 2.24) is 19.6 Å². The summed E-state index contributed by atoms with van der Waals surface area (Å²) in [4.78, 5) is 20.2. The lowest BCUT2D eigenvalue weighted by Crippen LogP contribution is -2.28. The molecular weight excluding hydrogens is 356 g/mol. The molecule has 8 nitrogen and oxygen atoms in total. The molecule has 1 amide bonds. The molecule has 0 aliphatic carbocycles. The number of amides is 1. The zero-order valence-electron chi connectivity index (χ0n) is 14.7. The van der Waals surface area contributed by atoms with Gasteiger partial charge in [0.2, 0.25) is 10.0 Å². The van der Waals surface area contributed by atoms with E-state index in [0.717, 1.165) is 9.87 Å². The van der Waals surface area contributed by atoms with Crippen molar-refractivity contribution in [3.63, 3.8) is 0 Å². The first-order valence-electron chi connectivity index (χ1n) is 8.07. The number of aryl methyl sites for hydroxylation is 1. The molecule has 9 heteroatoms. The van der Waals surface area contributed by atoms with Crippen LogP contribution < -0.4 is 5.32 Å². The van der Waals surface area contributed by atoms with Crippen molar-refractivity contribution in [2.45, 2.75) is 24.8 Å². The smallest absolute Gasteiger partial charge is 0.254 e. The van der Waals surface area contributed by atoms with E-state index in [0.29, 0.717) is 13.0 Å². The molecule has 140 valence electrons. The minimum atomic E-state index is -3.64. The predicted octanol–water partition coefficient (Wildman–Crippen LogP) is 0.718. The highest BCUT2D eigenvalue weighted by molar-refractivity contribution is 7.89. The molecule has 2 aromatic rings. The minimum Gasteiger partial charge on any atom is -0.396 e. The number of nitrogens with one attached hydrogen (secondary N) is 1. The summed E-state index contributed by atoms with van der Waals surface area (Å²) in [6, 6.07) is 6.59. The molecule has 0 aliphatic heterocycles. The van der Waals surface area contributed by atoms with E-state index >= 15 is 0 Å². The van der Waals surface area contributed by atoms with E-state index < -0.39 is 10.0 Å². The summed E-state index contributed by atoms with van der Waals surface area (Å²) in [7, 11) is -2.19. The van der Waals surface area contributed by atoms with Gasteiger partial charge in [0, 0.05) is 32.6 Å². The van der Waals surface area contributed by atoms with Crippen molar-refractivity contribution >= 4 is 15.9 Å². The molecule has 2 rings (SSSR count). The summed E-state index contributed by atoms with van der Waals surface area (Å²) >= 11 is 0. The van der Waals surface area contributed by atoms with Crippen LogP contribution in [0.15, 0.2) is 41.6 Å². The second-order valence-corrected chi connectivity index (χ2v) is 7.84. The van der Waals surface area contributed by atoms with Gasteiger partial charge in [-0.05, 0) is 25.5 Å². The molecule has 0 unspecified atom stereocenters. The third-order valence-corrected chi connectivity index (χ3v) is 5.50. The molecule has 0 radical (unpaired) electrons. The Bertz CT molecular complexity index is 836. The lowest BCUT2D eigenvalue weighted by atomic mass is 10.2. The quantitative estimate of drug-likeness (QED) is 0.655. The third kappa shape index (κ3) is 5.07. The van der Waals surface area contributed by atoms with Gasteiger partial charge in [0.25, 0.3) is 5.91 Å². The largest absolute Gasteiger partial charge is 0.396 e. The standard InChI is InChI=1S/C17H22N4O4S/c1-13-4-6-15(7-5-13)26(24,25)21(2)12-16-19-10-14(11-20-16)17(23)18-8-3-9-22/h4-7,10-11,22H,3,8-9,12H2,1-2H3,(H,18,23). The number of carbonyl (C=O) groups is 1. The maximum absolute atomic E-state index is 12.6. The van der Waals surface area contributed by atoms with E-state index in [2.05, 4.69) is 15.3 Å². The van der Waals surface area contributed by atoms with Crippen LogP contribution in [0.3, 0.4) is 0 Å². The molecule has 2 N–H and O–H groups in total. The van der Waals surface area contributed by atoms with Crippen molar-refractivity contribution in [2.75, 3.05) is 20.2 Å². The van der Waals surface area contributed by atoms with Crippen molar-refractivity contribution in [3.8, 4) is 0 Å². The van der Waals surface area contributed by atoms with Crippen molar-refractivity contribution in [3.05, 3.63) is 53.6 Å². The van der Waals surface area contributed by atoms with Gasteiger partial charge in [0.05, 0.1) is 17.0 Å². The Kier molecular flexibility index (Phi) is 6.78. The second-order valence-electron chi connectivity index (χ2n) is 5.80. The van der Waals surface area contributed by atoms with E-state index in [1.54, 1.807) is 24.3 Å². The van der Waals surface area contributed by atoms with E-state index in [1.165, 1.54) is 19.4 Å². The number of hydrogen-bond acceptors (Lipinski definition) is 6. The molecule has 1 heterocycles. The summed E-state index contributed by atoms with van der Waals surface area (Å²) in [5, 5.41) is 11.3. The average Bonchev–Trinajstić information content (AvgIpc) is 2.62. The first kappa shape index (κ1) is 20.0. The Hall–Kier alpha value is -2.36. The topological polar surface area (TPSA) is 112 Å². The monoisotopic (exact) mass is 378 g/mol. The number of aromatic nitrogens is 2. The molecule has 0 aliphatic rings. The van der Waals surface area contributed by atoms with E-state index in [4.69, 9.17) is 5.11 Å². The summed E-state index contributed by atoms with van der Waals surface area (Å²) in [6.07, 6.45) is 3.16. The van der Waals surface area contributed by atoms with Gasteiger partial charge in [-0.3, -0.25) is 4.79 Å². The Labute approximate surface area is 153 Å². The zero-order valence-corrected chi connectivity index (χ0v) is 15.5. The Balaban J connectivity index is 2.03. The van der Waals surface area contributed by atoms with Gasteiger partial charge in [-0.1, -0.05) is 17.7 Å². The maximum atomic E-state index is 12.6. The Morgan fingerprint density at radius 3 is 2.38 bits per heavy atom. The highest BCUT2D eigenvalue weighted by Crippen LogP contribution is 2.16. The molecule has 1 aromatic heterocycles. The van der Waals surface area contributed by atoms with Gasteiger partial charge < -0.3 is 10.4 Å². The molecule has 26 heavy (non-hydrogen) atoms. The maximum Gasteiger partial charge on any atom is 0.254 e. The van der Waals surface area contributed by atoms with Gasteiger partial charge in [0.15, 0.2) is 0 Å². The van der Waals surface area contributed by atoms with Crippen LogP contribution in [0.25, 0.3) is 0 Å². The molecular formula is C17H22N4O4S. The zero-order chi connectivity index (χ0) is 19.2. The van der Waals surface area contributed by atoms with Crippen LogP contribution >= 0.6 is 0 Å². The molecule has 0 fully saturated rings. The fourth-order valence-electron chi connectivity index (χ4n) is 2.11. The normalized spacial score (nSPS) is 11.5. The second kappa shape index (κ2) is 8.84. The van der Waals surface area contributed by atoms with E-state index in [1.807, 2.05) is 6.92 Å². The van der Waals surface area contributed by atoms with Crippen LogP contribution in [0, 0.1) is 6.92 Å². The number of aliphatic hydroxyl groups is 1. The van der Waals surface area contributed by atoms with Gasteiger partial charge >= 0.3 is 0 Å². The number of nitrogens with zero attached hydrogens (tertiary/aromatic N) is 3. The lowest BCUT2D eigenvalue weighted by molar-refractivity contribution is 0.0950. The van der Waals surface area contributed by atoms with Crippen molar-refractivity contribution < 1.29 is 18.3 Å². The molecule has 0 saturated heterocycles. The number of hydrogen-bond donors (Lipinski definition) is 2. The SMILES string of the molecule is Cc1ccc(S(=O)(=O)N(C)Cc2ncc(C(=O)NCCCO)cn2)cc1. The summed E-state index contributed by atoms with van der Waals surface area (Å²) < 4.78 is 26.3. The van der Waals surface area contributed by atoms with Gasteiger partial charge in [-0.2, -0.15) is 4.31 Å². The van der Waals surface area contributed by atoms with Crippen LogP contribution in [0.2, 0.25) is 0 Å². The van der Waals surface area contributed by atoms with Crippen LogP contribution in [-0.2, 0) is 16.6 Å². The first-order chi connectivity index (χ1) is 12.3. The van der Waals surface area contributed by atoms with Crippen LogP contribution in [0.1, 0.15) is 28.2 Å². The fourth-order valence-corrected chi connectivity index (χ4v) is 3.24.